The van der Waals surface area contributed by atoms with E-state index in [1.807, 2.05) is 0 Å². The van der Waals surface area contributed by atoms with Gasteiger partial charge in [0.15, 0.2) is 5.79 Å². The molecule has 0 aromatic rings. The van der Waals surface area contributed by atoms with Crippen LogP contribution in [0.5, 0.6) is 0 Å². The largest absolute Gasteiger partial charge is 0.366 e. The normalized spacial score (nSPS) is 26.7. The Morgan fingerprint density at radius 3 is 1.45 bits per heavy atom. The highest BCUT2D eigenvalue weighted by Crippen LogP contribution is 2.22. The Morgan fingerprint density at radius 1 is 0.636 bits per heavy atom. The third-order valence-corrected chi connectivity index (χ3v) is 2.40. The maximum Gasteiger partial charge on any atom is 0.162 e. The van der Waals surface area contributed by atoms with E-state index in [9.17, 15) is 10.2 Å². The fraction of sp³-hybridized carbons (Fsp3) is 1.00. The maximum absolute atomic E-state index is 9.36. The van der Waals surface area contributed by atoms with Crippen molar-refractivity contribution in [2.24, 2.45) is 0 Å². The minimum Gasteiger partial charge on any atom is -0.366 e. The van der Waals surface area contributed by atoms with Gasteiger partial charge in [-0.25, -0.2) is 0 Å². The Hall–Kier alpha value is -0.0800. The Balaban J connectivity index is 2.31. The van der Waals surface area contributed by atoms with Crippen molar-refractivity contribution in [3.8, 4) is 0 Å². The van der Waals surface area contributed by atoms with E-state index in [4.69, 9.17) is 0 Å². The minimum absolute atomic E-state index is 0.562. The van der Waals surface area contributed by atoms with Crippen LogP contribution in [-0.2, 0) is 0 Å². The molecule has 0 bridgehead atoms. The SMILES string of the molecule is OC1(O)CCCCCCCC1. The summed E-state index contributed by atoms with van der Waals surface area (Å²) >= 11 is 0. The molecule has 0 heterocycles. The van der Waals surface area contributed by atoms with E-state index in [-0.39, 0.29) is 0 Å². The Bertz CT molecular complexity index is 98.1. The molecule has 2 nitrogen and oxygen atoms in total. The molecule has 0 aromatic heterocycles. The van der Waals surface area contributed by atoms with Gasteiger partial charge < -0.3 is 10.2 Å². The van der Waals surface area contributed by atoms with Crippen molar-refractivity contribution in [1.82, 2.24) is 0 Å². The highest BCUT2D eigenvalue weighted by molar-refractivity contribution is 4.66. The first-order valence-corrected chi connectivity index (χ1v) is 4.65. The molecule has 2 heteroatoms. The molecule has 1 rings (SSSR count). The summed E-state index contributed by atoms with van der Waals surface area (Å²) in [5.74, 6) is -1.36. The van der Waals surface area contributed by atoms with Crippen LogP contribution in [0.25, 0.3) is 0 Å². The summed E-state index contributed by atoms with van der Waals surface area (Å²) < 4.78 is 0. The van der Waals surface area contributed by atoms with E-state index in [0.717, 1.165) is 25.7 Å². The molecule has 66 valence electrons. The van der Waals surface area contributed by atoms with Crippen molar-refractivity contribution in [2.45, 2.75) is 57.2 Å². The predicted molar refractivity (Wildman–Crippen MR) is 44.1 cm³/mol. The predicted octanol–water partition coefficient (Wildman–Crippen LogP) is 1.80. The summed E-state index contributed by atoms with van der Waals surface area (Å²) in [6.45, 7) is 0. The fourth-order valence-electron chi connectivity index (χ4n) is 1.65. The van der Waals surface area contributed by atoms with Crippen molar-refractivity contribution in [2.75, 3.05) is 0 Å². The van der Waals surface area contributed by atoms with Gasteiger partial charge in [0.2, 0.25) is 0 Å². The summed E-state index contributed by atoms with van der Waals surface area (Å²) in [5, 5.41) is 18.7. The van der Waals surface area contributed by atoms with Crippen LogP contribution in [0.2, 0.25) is 0 Å². The molecule has 1 aliphatic carbocycles. The summed E-state index contributed by atoms with van der Waals surface area (Å²) in [6, 6.07) is 0. The molecule has 11 heavy (non-hydrogen) atoms. The second-order valence-corrected chi connectivity index (χ2v) is 3.60. The average Bonchev–Trinajstić information content (AvgIpc) is 2.00. The summed E-state index contributed by atoms with van der Waals surface area (Å²) in [7, 11) is 0. The van der Waals surface area contributed by atoms with Gasteiger partial charge in [-0.2, -0.15) is 0 Å². The van der Waals surface area contributed by atoms with E-state index in [0.29, 0.717) is 12.8 Å². The van der Waals surface area contributed by atoms with Crippen molar-refractivity contribution < 1.29 is 10.2 Å². The molecule has 0 spiro atoms. The highest BCUT2D eigenvalue weighted by atomic mass is 16.5. The first-order valence-electron chi connectivity index (χ1n) is 4.65. The third-order valence-electron chi connectivity index (χ3n) is 2.40. The van der Waals surface area contributed by atoms with Gasteiger partial charge in [0.25, 0.3) is 0 Å². The maximum atomic E-state index is 9.36. The lowest BCUT2D eigenvalue weighted by molar-refractivity contribution is -0.171. The van der Waals surface area contributed by atoms with Crippen LogP contribution in [0.3, 0.4) is 0 Å². The van der Waals surface area contributed by atoms with Crippen molar-refractivity contribution in [3.63, 3.8) is 0 Å². The lowest BCUT2D eigenvalue weighted by Crippen LogP contribution is -2.27. The minimum atomic E-state index is -1.36. The molecule has 0 saturated heterocycles. The Labute approximate surface area is 68.2 Å². The van der Waals surface area contributed by atoms with Gasteiger partial charge in [0.05, 0.1) is 0 Å². The third kappa shape index (κ3) is 3.73. The van der Waals surface area contributed by atoms with E-state index >= 15 is 0 Å². The van der Waals surface area contributed by atoms with E-state index < -0.39 is 5.79 Å². The first-order chi connectivity index (χ1) is 5.21. The van der Waals surface area contributed by atoms with Crippen LogP contribution in [0.15, 0.2) is 0 Å². The van der Waals surface area contributed by atoms with Crippen LogP contribution in [0, 0.1) is 0 Å². The second kappa shape index (κ2) is 4.07. The van der Waals surface area contributed by atoms with E-state index in [2.05, 4.69) is 0 Å². The molecule has 0 unspecified atom stereocenters. The first kappa shape index (κ1) is 9.01. The second-order valence-electron chi connectivity index (χ2n) is 3.60. The number of aliphatic hydroxyl groups is 2. The molecular formula is C9H18O2. The van der Waals surface area contributed by atoms with Crippen molar-refractivity contribution >= 4 is 0 Å². The van der Waals surface area contributed by atoms with Crippen LogP contribution >= 0.6 is 0 Å². The molecule has 0 radical (unpaired) electrons. The topological polar surface area (TPSA) is 40.5 Å². The zero-order valence-corrected chi connectivity index (χ0v) is 7.05. The lowest BCUT2D eigenvalue weighted by Gasteiger charge is -2.20. The summed E-state index contributed by atoms with van der Waals surface area (Å²) in [6.07, 6.45) is 7.89. The quantitative estimate of drug-likeness (QED) is 0.528. The number of rotatable bonds is 0. The molecule has 0 aromatic carbocycles. The molecular weight excluding hydrogens is 140 g/mol. The van der Waals surface area contributed by atoms with E-state index in [1.165, 1.54) is 12.8 Å². The molecule has 2 N–H and O–H groups in total. The monoisotopic (exact) mass is 158 g/mol. The molecule has 1 fully saturated rings. The lowest BCUT2D eigenvalue weighted by atomic mass is 10.0. The number of hydrogen-bond acceptors (Lipinski definition) is 2. The summed E-state index contributed by atoms with van der Waals surface area (Å²) in [4.78, 5) is 0. The smallest absolute Gasteiger partial charge is 0.162 e. The highest BCUT2D eigenvalue weighted by Gasteiger charge is 2.21. The average molecular weight is 158 g/mol. The molecule has 0 aliphatic heterocycles. The van der Waals surface area contributed by atoms with Crippen molar-refractivity contribution in [1.29, 1.82) is 0 Å². The van der Waals surface area contributed by atoms with Gasteiger partial charge in [0.1, 0.15) is 0 Å². The number of hydrogen-bond donors (Lipinski definition) is 2. The van der Waals surface area contributed by atoms with Gasteiger partial charge in [-0.1, -0.05) is 25.7 Å². The van der Waals surface area contributed by atoms with Crippen LogP contribution < -0.4 is 0 Å². The molecule has 1 saturated carbocycles. The Morgan fingerprint density at radius 2 is 1.00 bits per heavy atom. The van der Waals surface area contributed by atoms with Gasteiger partial charge >= 0.3 is 0 Å². The molecule has 0 amide bonds. The van der Waals surface area contributed by atoms with Gasteiger partial charge in [-0.15, -0.1) is 0 Å². The van der Waals surface area contributed by atoms with Gasteiger partial charge in [0, 0.05) is 12.8 Å². The van der Waals surface area contributed by atoms with Crippen LogP contribution in [0.4, 0.5) is 0 Å². The zero-order chi connectivity index (χ0) is 8.16. The fourth-order valence-corrected chi connectivity index (χ4v) is 1.65. The van der Waals surface area contributed by atoms with E-state index in [1.54, 1.807) is 0 Å². The van der Waals surface area contributed by atoms with Gasteiger partial charge in [-0.3, -0.25) is 0 Å². The molecule has 0 atom stereocenters. The van der Waals surface area contributed by atoms with Crippen LogP contribution in [-0.4, -0.2) is 16.0 Å². The van der Waals surface area contributed by atoms with Gasteiger partial charge in [-0.05, 0) is 12.8 Å². The standard InChI is InChI=1S/C9H18O2/c10-9(11)7-5-3-1-2-4-6-8-9/h10-11H,1-8H2. The summed E-state index contributed by atoms with van der Waals surface area (Å²) in [5.41, 5.74) is 0. The van der Waals surface area contributed by atoms with Crippen LogP contribution in [0.1, 0.15) is 51.4 Å². The van der Waals surface area contributed by atoms with Crippen molar-refractivity contribution in [3.05, 3.63) is 0 Å². The molecule has 1 aliphatic rings. The Kier molecular flexibility index (Phi) is 3.34. The zero-order valence-electron chi connectivity index (χ0n) is 7.05.